The fourth-order valence-corrected chi connectivity index (χ4v) is 3.10. The van der Waals surface area contributed by atoms with Crippen LogP contribution in [-0.4, -0.2) is 22.7 Å². The number of likely N-dealkylation sites (N-methyl/N-ethyl adjacent to an activating group) is 1. The molecule has 0 bridgehead atoms. The van der Waals surface area contributed by atoms with Gasteiger partial charge in [0, 0.05) is 41.8 Å². The maximum atomic E-state index is 11.8. The topological polar surface area (TPSA) is 50.2 Å². The number of carbonyl (C=O) groups excluding carboxylic acids is 1. The molecule has 1 aromatic heterocycles. The summed E-state index contributed by atoms with van der Waals surface area (Å²) in [6.07, 6.45) is 4.29. The summed E-state index contributed by atoms with van der Waals surface area (Å²) < 4.78 is 1.82. The summed E-state index contributed by atoms with van der Waals surface area (Å²) in [5.41, 5.74) is 5.10. The highest BCUT2D eigenvalue weighted by molar-refractivity contribution is 6.30. The van der Waals surface area contributed by atoms with E-state index in [-0.39, 0.29) is 5.91 Å². The van der Waals surface area contributed by atoms with Gasteiger partial charge in [0.15, 0.2) is 0 Å². The molecule has 0 atom stereocenters. The molecule has 4 rings (SSSR count). The molecule has 1 aliphatic heterocycles. The Morgan fingerprint density at radius 3 is 2.80 bits per heavy atom. The van der Waals surface area contributed by atoms with Gasteiger partial charge in [-0.1, -0.05) is 11.6 Å². The number of benzene rings is 2. The van der Waals surface area contributed by atoms with E-state index in [4.69, 9.17) is 11.6 Å². The van der Waals surface area contributed by atoms with Crippen molar-refractivity contribution in [3.8, 4) is 5.69 Å². The maximum absolute atomic E-state index is 11.8. The molecule has 3 aromatic rings. The molecule has 0 fully saturated rings. The van der Waals surface area contributed by atoms with E-state index in [1.807, 2.05) is 66.6 Å². The highest BCUT2D eigenvalue weighted by atomic mass is 35.5. The molecule has 25 heavy (non-hydrogen) atoms. The second kappa shape index (κ2) is 6.26. The molecule has 0 radical (unpaired) electrons. The molecule has 2 heterocycles. The smallest absolute Gasteiger partial charge is 0.231 e. The van der Waals surface area contributed by atoms with Crippen molar-refractivity contribution in [2.24, 2.45) is 0 Å². The molecule has 2 aromatic carbocycles. The summed E-state index contributed by atoms with van der Waals surface area (Å²) in [4.78, 5) is 13.5. The van der Waals surface area contributed by atoms with E-state index in [0.29, 0.717) is 18.0 Å². The molecular formula is C19H17ClN4O. The number of anilines is 2. The van der Waals surface area contributed by atoms with Gasteiger partial charge in [-0.25, -0.2) is 4.68 Å². The monoisotopic (exact) mass is 352 g/mol. The van der Waals surface area contributed by atoms with Crippen LogP contribution in [0.2, 0.25) is 5.02 Å². The highest BCUT2D eigenvalue weighted by Crippen LogP contribution is 2.30. The zero-order valence-electron chi connectivity index (χ0n) is 13.7. The van der Waals surface area contributed by atoms with Gasteiger partial charge in [-0.15, -0.1) is 0 Å². The van der Waals surface area contributed by atoms with Crippen LogP contribution in [0.1, 0.15) is 11.1 Å². The van der Waals surface area contributed by atoms with Crippen molar-refractivity contribution in [1.29, 1.82) is 0 Å². The van der Waals surface area contributed by atoms with Crippen LogP contribution in [0.5, 0.6) is 0 Å². The Balaban J connectivity index is 1.45. The molecule has 126 valence electrons. The van der Waals surface area contributed by atoms with Crippen LogP contribution < -0.4 is 10.2 Å². The molecule has 1 amide bonds. The average Bonchev–Trinajstić information content (AvgIpc) is 3.19. The third-order valence-corrected chi connectivity index (χ3v) is 4.63. The first-order valence-corrected chi connectivity index (χ1v) is 8.41. The van der Waals surface area contributed by atoms with Crippen molar-refractivity contribution in [3.05, 3.63) is 71.0 Å². The third-order valence-electron chi connectivity index (χ3n) is 4.38. The largest absolute Gasteiger partial charge is 0.381 e. The van der Waals surface area contributed by atoms with Crippen molar-refractivity contribution >= 4 is 28.9 Å². The van der Waals surface area contributed by atoms with E-state index in [1.54, 1.807) is 4.90 Å². The fourth-order valence-electron chi connectivity index (χ4n) is 2.97. The lowest BCUT2D eigenvalue weighted by Crippen LogP contribution is -2.20. The minimum absolute atomic E-state index is 0.136. The summed E-state index contributed by atoms with van der Waals surface area (Å²) >= 11 is 5.92. The molecule has 0 saturated carbocycles. The molecule has 0 spiro atoms. The summed E-state index contributed by atoms with van der Waals surface area (Å²) in [6, 6.07) is 13.6. The SMILES string of the molecule is CN1C(=O)Cc2cc(NCc3cnn(-c4ccc(Cl)cc4)c3)ccc21. The molecule has 0 saturated heterocycles. The number of aromatic nitrogens is 2. The number of hydrogen-bond donors (Lipinski definition) is 1. The summed E-state index contributed by atoms with van der Waals surface area (Å²) in [5, 5.41) is 8.49. The average molecular weight is 353 g/mol. The summed E-state index contributed by atoms with van der Waals surface area (Å²) in [5.74, 6) is 0.136. The summed E-state index contributed by atoms with van der Waals surface area (Å²) in [7, 11) is 1.81. The van der Waals surface area contributed by atoms with E-state index in [2.05, 4.69) is 10.4 Å². The van der Waals surface area contributed by atoms with Crippen LogP contribution in [0.25, 0.3) is 5.69 Å². The van der Waals surface area contributed by atoms with Crippen LogP contribution in [0.4, 0.5) is 11.4 Å². The molecule has 1 N–H and O–H groups in total. The zero-order chi connectivity index (χ0) is 17.4. The van der Waals surface area contributed by atoms with Crippen molar-refractivity contribution in [1.82, 2.24) is 9.78 Å². The Hall–Kier alpha value is -2.79. The van der Waals surface area contributed by atoms with Crippen molar-refractivity contribution in [2.75, 3.05) is 17.3 Å². The van der Waals surface area contributed by atoms with E-state index in [9.17, 15) is 4.79 Å². The third kappa shape index (κ3) is 3.10. The quantitative estimate of drug-likeness (QED) is 0.779. The van der Waals surface area contributed by atoms with Crippen LogP contribution in [0, 0.1) is 0 Å². The number of amides is 1. The van der Waals surface area contributed by atoms with Crippen molar-refractivity contribution < 1.29 is 4.79 Å². The van der Waals surface area contributed by atoms with Gasteiger partial charge in [0.25, 0.3) is 0 Å². The van der Waals surface area contributed by atoms with E-state index in [0.717, 1.165) is 28.2 Å². The number of nitrogens with one attached hydrogen (secondary N) is 1. The fraction of sp³-hybridized carbons (Fsp3) is 0.158. The van der Waals surface area contributed by atoms with Gasteiger partial charge in [0.05, 0.1) is 18.3 Å². The Kier molecular flexibility index (Phi) is 3.93. The van der Waals surface area contributed by atoms with Crippen LogP contribution in [0.15, 0.2) is 54.9 Å². The Labute approximate surface area is 150 Å². The zero-order valence-corrected chi connectivity index (χ0v) is 14.5. The second-order valence-corrected chi connectivity index (χ2v) is 6.53. The molecule has 6 heteroatoms. The number of carbonyl (C=O) groups is 1. The molecule has 0 unspecified atom stereocenters. The number of fused-ring (bicyclic) bond motifs is 1. The Bertz CT molecular complexity index is 933. The van der Waals surface area contributed by atoms with Gasteiger partial charge in [0.1, 0.15) is 0 Å². The van der Waals surface area contributed by atoms with Crippen molar-refractivity contribution in [3.63, 3.8) is 0 Å². The Morgan fingerprint density at radius 2 is 2.00 bits per heavy atom. The molecular weight excluding hydrogens is 336 g/mol. The molecule has 5 nitrogen and oxygen atoms in total. The lowest BCUT2D eigenvalue weighted by molar-refractivity contribution is -0.117. The Morgan fingerprint density at radius 1 is 1.20 bits per heavy atom. The first kappa shape index (κ1) is 15.7. The minimum atomic E-state index is 0.136. The number of rotatable bonds is 4. The lowest BCUT2D eigenvalue weighted by atomic mass is 10.1. The van der Waals surface area contributed by atoms with Gasteiger partial charge < -0.3 is 10.2 Å². The van der Waals surface area contributed by atoms with Crippen molar-refractivity contribution in [2.45, 2.75) is 13.0 Å². The maximum Gasteiger partial charge on any atom is 0.231 e. The van der Waals surface area contributed by atoms with Crippen LogP contribution >= 0.6 is 11.6 Å². The predicted molar refractivity (Wildman–Crippen MR) is 99.5 cm³/mol. The number of halogens is 1. The van der Waals surface area contributed by atoms with Gasteiger partial charge in [0.2, 0.25) is 5.91 Å². The molecule has 0 aliphatic carbocycles. The second-order valence-electron chi connectivity index (χ2n) is 6.10. The minimum Gasteiger partial charge on any atom is -0.381 e. The van der Waals surface area contributed by atoms with E-state index >= 15 is 0 Å². The van der Waals surface area contributed by atoms with Crippen LogP contribution in [0.3, 0.4) is 0 Å². The number of hydrogen-bond acceptors (Lipinski definition) is 3. The lowest BCUT2D eigenvalue weighted by Gasteiger charge is -2.11. The summed E-state index contributed by atoms with van der Waals surface area (Å²) in [6.45, 7) is 0.663. The number of nitrogens with zero attached hydrogens (tertiary/aromatic N) is 3. The molecule has 1 aliphatic rings. The predicted octanol–water partition coefficient (Wildman–Crippen LogP) is 3.66. The standard InChI is InChI=1S/C19H17ClN4O/c1-23-18-7-4-16(8-14(18)9-19(23)25)21-10-13-11-22-24(12-13)17-5-2-15(20)3-6-17/h2-8,11-12,21H,9-10H2,1H3. The first-order valence-electron chi connectivity index (χ1n) is 8.03. The van der Waals surface area contributed by atoms with Crippen LogP contribution in [-0.2, 0) is 17.8 Å². The van der Waals surface area contributed by atoms with Gasteiger partial charge in [-0.2, -0.15) is 5.10 Å². The van der Waals surface area contributed by atoms with E-state index < -0.39 is 0 Å². The van der Waals surface area contributed by atoms with Gasteiger partial charge in [-0.3, -0.25) is 4.79 Å². The van der Waals surface area contributed by atoms with Gasteiger partial charge >= 0.3 is 0 Å². The van der Waals surface area contributed by atoms with E-state index in [1.165, 1.54) is 0 Å². The normalized spacial score (nSPS) is 13.2. The first-order chi connectivity index (χ1) is 12.1. The highest BCUT2D eigenvalue weighted by Gasteiger charge is 2.23. The van der Waals surface area contributed by atoms with Gasteiger partial charge in [-0.05, 0) is 48.0 Å².